The Kier molecular flexibility index (Phi) is 7.70. The Morgan fingerprint density at radius 2 is 1.71 bits per heavy atom. The van der Waals surface area contributed by atoms with Crippen LogP contribution in [0.2, 0.25) is 5.02 Å². The number of aryl methyl sites for hydroxylation is 1. The standard InChI is InChI=1S/C27H29ClN2O5/c1-16-15-29-24(17(2)23(16)33-6)30(26(32)35-27(3,4)5)20-13-18(12-19(28)14-20)21-10-8-9-11-22(21)25(31)34-7/h8-15H,1-7H3. The summed E-state index contributed by atoms with van der Waals surface area (Å²) in [6.45, 7) is 9.06. The second kappa shape index (κ2) is 10.4. The van der Waals surface area contributed by atoms with Crippen molar-refractivity contribution in [2.45, 2.75) is 40.2 Å². The molecule has 0 radical (unpaired) electrons. The number of esters is 1. The third kappa shape index (κ3) is 5.74. The van der Waals surface area contributed by atoms with Crippen molar-refractivity contribution in [1.82, 2.24) is 4.98 Å². The molecule has 0 atom stereocenters. The van der Waals surface area contributed by atoms with Gasteiger partial charge in [-0.3, -0.25) is 0 Å². The summed E-state index contributed by atoms with van der Waals surface area (Å²) in [5.41, 5.74) is 2.77. The molecule has 8 heteroatoms. The fourth-order valence-corrected chi connectivity index (χ4v) is 3.98. The summed E-state index contributed by atoms with van der Waals surface area (Å²) in [4.78, 5) is 31.8. The average Bonchev–Trinajstić information content (AvgIpc) is 2.79. The lowest BCUT2D eigenvalue weighted by atomic mass is 9.99. The van der Waals surface area contributed by atoms with Crippen LogP contribution in [0.4, 0.5) is 16.3 Å². The molecule has 7 nitrogen and oxygen atoms in total. The van der Waals surface area contributed by atoms with Crippen LogP contribution in [0.5, 0.6) is 5.75 Å². The Labute approximate surface area is 210 Å². The minimum absolute atomic E-state index is 0.344. The van der Waals surface area contributed by atoms with Gasteiger partial charge in [-0.2, -0.15) is 0 Å². The lowest BCUT2D eigenvalue weighted by Crippen LogP contribution is -2.34. The Bertz CT molecular complexity index is 1270. The van der Waals surface area contributed by atoms with Crippen LogP contribution in [0, 0.1) is 13.8 Å². The molecule has 35 heavy (non-hydrogen) atoms. The van der Waals surface area contributed by atoms with Crippen LogP contribution < -0.4 is 9.64 Å². The van der Waals surface area contributed by atoms with Crippen LogP contribution in [0.25, 0.3) is 11.1 Å². The van der Waals surface area contributed by atoms with E-state index in [0.29, 0.717) is 44.5 Å². The SMILES string of the molecule is COC(=O)c1ccccc1-c1cc(Cl)cc(N(C(=O)OC(C)(C)C)c2ncc(C)c(OC)c2C)c1. The molecule has 1 heterocycles. The van der Waals surface area contributed by atoms with Crippen LogP contribution in [0.3, 0.4) is 0 Å². The lowest BCUT2D eigenvalue weighted by Gasteiger charge is -2.28. The number of halogens is 1. The number of hydrogen-bond acceptors (Lipinski definition) is 6. The molecule has 1 amide bonds. The predicted molar refractivity (Wildman–Crippen MR) is 137 cm³/mol. The van der Waals surface area contributed by atoms with E-state index in [2.05, 4.69) is 4.98 Å². The highest BCUT2D eigenvalue weighted by atomic mass is 35.5. The molecule has 1 aromatic heterocycles. The molecule has 0 saturated heterocycles. The van der Waals surface area contributed by atoms with Crippen LogP contribution in [-0.4, -0.2) is 36.9 Å². The Morgan fingerprint density at radius 1 is 1.03 bits per heavy atom. The van der Waals surface area contributed by atoms with Gasteiger partial charge in [-0.25, -0.2) is 19.5 Å². The number of anilines is 2. The average molecular weight is 497 g/mol. The van der Waals surface area contributed by atoms with E-state index in [0.717, 1.165) is 5.56 Å². The summed E-state index contributed by atoms with van der Waals surface area (Å²) in [6, 6.07) is 12.1. The van der Waals surface area contributed by atoms with Gasteiger partial charge in [-0.05, 0) is 70.0 Å². The lowest BCUT2D eigenvalue weighted by molar-refractivity contribution is 0.0589. The summed E-state index contributed by atoms with van der Waals surface area (Å²) in [7, 11) is 2.89. The quantitative estimate of drug-likeness (QED) is 0.358. The fraction of sp³-hybridized carbons (Fsp3) is 0.296. The molecule has 3 rings (SSSR count). The van der Waals surface area contributed by atoms with E-state index in [9.17, 15) is 9.59 Å². The topological polar surface area (TPSA) is 78.0 Å². The first-order chi connectivity index (χ1) is 16.5. The van der Waals surface area contributed by atoms with Crippen molar-refractivity contribution < 1.29 is 23.8 Å². The third-order valence-corrected chi connectivity index (χ3v) is 5.41. The molecule has 0 N–H and O–H groups in total. The number of ether oxygens (including phenoxy) is 3. The number of hydrogen-bond donors (Lipinski definition) is 0. The molecule has 184 valence electrons. The maximum Gasteiger partial charge on any atom is 0.420 e. The van der Waals surface area contributed by atoms with Gasteiger partial charge in [0, 0.05) is 22.3 Å². The smallest absolute Gasteiger partial charge is 0.420 e. The number of rotatable bonds is 5. The number of benzene rings is 2. The molecule has 0 aliphatic rings. The summed E-state index contributed by atoms with van der Waals surface area (Å²) >= 11 is 6.52. The number of nitrogens with zero attached hydrogens (tertiary/aromatic N) is 2. The highest BCUT2D eigenvalue weighted by molar-refractivity contribution is 6.31. The first-order valence-corrected chi connectivity index (χ1v) is 11.4. The monoisotopic (exact) mass is 496 g/mol. The molecule has 0 unspecified atom stereocenters. The van der Waals surface area contributed by atoms with E-state index >= 15 is 0 Å². The molecule has 0 spiro atoms. The van der Waals surface area contributed by atoms with Crippen molar-refractivity contribution >= 4 is 35.2 Å². The Hall–Kier alpha value is -3.58. The van der Waals surface area contributed by atoms with Gasteiger partial charge in [0.05, 0.1) is 25.5 Å². The molecule has 0 aliphatic heterocycles. The fourth-order valence-electron chi connectivity index (χ4n) is 3.75. The summed E-state index contributed by atoms with van der Waals surface area (Å²) in [6.07, 6.45) is 1.00. The zero-order valence-corrected chi connectivity index (χ0v) is 21.7. The molecule has 0 aliphatic carbocycles. The normalized spacial score (nSPS) is 11.1. The zero-order chi connectivity index (χ0) is 25.9. The number of amides is 1. The van der Waals surface area contributed by atoms with Crippen LogP contribution >= 0.6 is 11.6 Å². The third-order valence-electron chi connectivity index (χ3n) is 5.19. The molecular weight excluding hydrogens is 468 g/mol. The minimum Gasteiger partial charge on any atom is -0.496 e. The van der Waals surface area contributed by atoms with E-state index in [1.165, 1.54) is 12.0 Å². The first-order valence-electron chi connectivity index (χ1n) is 11.0. The minimum atomic E-state index is -0.753. The van der Waals surface area contributed by atoms with Crippen molar-refractivity contribution in [3.8, 4) is 16.9 Å². The predicted octanol–water partition coefficient (Wildman–Crippen LogP) is 6.89. The van der Waals surface area contributed by atoms with Crippen molar-refractivity contribution in [1.29, 1.82) is 0 Å². The van der Waals surface area contributed by atoms with Gasteiger partial charge >= 0.3 is 12.1 Å². The Morgan fingerprint density at radius 3 is 2.34 bits per heavy atom. The van der Waals surface area contributed by atoms with Crippen LogP contribution in [0.15, 0.2) is 48.7 Å². The van der Waals surface area contributed by atoms with E-state index < -0.39 is 17.7 Å². The van der Waals surface area contributed by atoms with E-state index in [1.807, 2.05) is 19.9 Å². The van der Waals surface area contributed by atoms with E-state index in [1.54, 1.807) is 70.5 Å². The zero-order valence-electron chi connectivity index (χ0n) is 20.9. The van der Waals surface area contributed by atoms with Gasteiger partial charge in [-0.15, -0.1) is 0 Å². The maximum absolute atomic E-state index is 13.5. The number of aromatic nitrogens is 1. The van der Waals surface area contributed by atoms with Crippen molar-refractivity contribution in [3.63, 3.8) is 0 Å². The van der Waals surface area contributed by atoms with Crippen molar-refractivity contribution in [2.24, 2.45) is 0 Å². The second-order valence-electron chi connectivity index (χ2n) is 8.97. The van der Waals surface area contributed by atoms with Crippen molar-refractivity contribution in [2.75, 3.05) is 19.1 Å². The van der Waals surface area contributed by atoms with Gasteiger partial charge in [0.2, 0.25) is 0 Å². The maximum atomic E-state index is 13.5. The highest BCUT2D eigenvalue weighted by Crippen LogP contribution is 2.38. The summed E-state index contributed by atoms with van der Waals surface area (Å²) in [5.74, 6) is 0.477. The van der Waals surface area contributed by atoms with E-state index in [4.69, 9.17) is 25.8 Å². The van der Waals surface area contributed by atoms with Crippen LogP contribution in [-0.2, 0) is 9.47 Å². The molecule has 3 aromatic rings. The summed E-state index contributed by atoms with van der Waals surface area (Å²) in [5, 5.41) is 0.363. The van der Waals surface area contributed by atoms with Gasteiger partial charge in [-0.1, -0.05) is 29.8 Å². The van der Waals surface area contributed by atoms with Gasteiger partial charge < -0.3 is 14.2 Å². The van der Waals surface area contributed by atoms with E-state index in [-0.39, 0.29) is 0 Å². The molecule has 0 fully saturated rings. The largest absolute Gasteiger partial charge is 0.496 e. The first kappa shape index (κ1) is 26.0. The number of carbonyl (C=O) groups is 2. The molecule has 0 bridgehead atoms. The van der Waals surface area contributed by atoms with Gasteiger partial charge in [0.1, 0.15) is 17.2 Å². The summed E-state index contributed by atoms with van der Waals surface area (Å²) < 4.78 is 16.2. The molecule has 2 aromatic carbocycles. The highest BCUT2D eigenvalue weighted by Gasteiger charge is 2.29. The molecule has 0 saturated carbocycles. The second-order valence-corrected chi connectivity index (χ2v) is 9.41. The van der Waals surface area contributed by atoms with Gasteiger partial charge in [0.15, 0.2) is 0 Å². The van der Waals surface area contributed by atoms with Crippen LogP contribution in [0.1, 0.15) is 42.3 Å². The Balaban J connectivity index is 2.26. The molecular formula is C27H29ClN2O5. The number of pyridine rings is 1. The van der Waals surface area contributed by atoms with Crippen molar-refractivity contribution in [3.05, 3.63) is 70.4 Å². The van der Waals surface area contributed by atoms with Gasteiger partial charge in [0.25, 0.3) is 0 Å². The number of methoxy groups -OCH3 is 2. The number of carbonyl (C=O) groups excluding carboxylic acids is 2.